The van der Waals surface area contributed by atoms with Crippen LogP contribution in [0.1, 0.15) is 22.1 Å². The minimum Gasteiger partial charge on any atom is -0.369 e. The standard InChI is InChI=1S/C14H16ClN3S/c1-9-12-13(10-3-5-11(15)6-4-10)19-8-7-16-14(12)18(2)17-9/h3-6,13,16H,7-8H2,1-2H3. The van der Waals surface area contributed by atoms with Crippen molar-refractivity contribution in [3.05, 3.63) is 46.1 Å². The van der Waals surface area contributed by atoms with Gasteiger partial charge >= 0.3 is 0 Å². The molecule has 0 saturated heterocycles. The lowest BCUT2D eigenvalue weighted by Crippen LogP contribution is -2.06. The average molecular weight is 294 g/mol. The molecule has 0 amide bonds. The molecule has 1 atom stereocenters. The van der Waals surface area contributed by atoms with Gasteiger partial charge in [0.15, 0.2) is 0 Å². The highest BCUT2D eigenvalue weighted by atomic mass is 35.5. The van der Waals surface area contributed by atoms with E-state index in [0.29, 0.717) is 5.25 Å². The maximum absolute atomic E-state index is 5.98. The Balaban J connectivity index is 2.09. The molecule has 0 bridgehead atoms. The number of benzene rings is 1. The van der Waals surface area contributed by atoms with Crippen molar-refractivity contribution < 1.29 is 0 Å². The molecule has 1 unspecified atom stereocenters. The molecule has 3 nitrogen and oxygen atoms in total. The van der Waals surface area contributed by atoms with Crippen LogP contribution in [0.15, 0.2) is 24.3 Å². The molecule has 19 heavy (non-hydrogen) atoms. The van der Waals surface area contributed by atoms with E-state index in [4.69, 9.17) is 11.6 Å². The smallest absolute Gasteiger partial charge is 0.128 e. The molecule has 1 aromatic carbocycles. The molecule has 0 saturated carbocycles. The summed E-state index contributed by atoms with van der Waals surface area (Å²) in [6, 6.07) is 8.14. The van der Waals surface area contributed by atoms with Gasteiger partial charge in [-0.25, -0.2) is 0 Å². The van der Waals surface area contributed by atoms with Crippen LogP contribution in [-0.4, -0.2) is 22.1 Å². The third-order valence-corrected chi connectivity index (χ3v) is 4.92. The summed E-state index contributed by atoms with van der Waals surface area (Å²) in [5.74, 6) is 2.23. The third kappa shape index (κ3) is 2.35. The zero-order valence-corrected chi connectivity index (χ0v) is 12.6. The van der Waals surface area contributed by atoms with Gasteiger partial charge in [0.2, 0.25) is 0 Å². The second-order valence-corrected chi connectivity index (χ2v) is 6.35. The van der Waals surface area contributed by atoms with Gasteiger partial charge in [-0.1, -0.05) is 23.7 Å². The molecular formula is C14H16ClN3S. The topological polar surface area (TPSA) is 29.9 Å². The van der Waals surface area contributed by atoms with E-state index in [-0.39, 0.29) is 0 Å². The zero-order chi connectivity index (χ0) is 13.4. The fourth-order valence-corrected chi connectivity index (χ4v) is 3.91. The molecule has 0 aliphatic carbocycles. The highest BCUT2D eigenvalue weighted by molar-refractivity contribution is 7.99. The van der Waals surface area contributed by atoms with E-state index in [1.165, 1.54) is 11.1 Å². The van der Waals surface area contributed by atoms with E-state index >= 15 is 0 Å². The highest BCUT2D eigenvalue weighted by Gasteiger charge is 2.26. The first-order valence-electron chi connectivity index (χ1n) is 6.31. The van der Waals surface area contributed by atoms with Crippen LogP contribution in [0.3, 0.4) is 0 Å². The van der Waals surface area contributed by atoms with Gasteiger partial charge in [0.1, 0.15) is 5.82 Å². The Morgan fingerprint density at radius 3 is 2.84 bits per heavy atom. The van der Waals surface area contributed by atoms with Crippen LogP contribution in [0.5, 0.6) is 0 Å². The summed E-state index contributed by atoms with van der Waals surface area (Å²) in [5, 5.41) is 9.13. The van der Waals surface area contributed by atoms with E-state index in [9.17, 15) is 0 Å². The maximum atomic E-state index is 5.98. The van der Waals surface area contributed by atoms with E-state index in [1.54, 1.807) is 0 Å². The van der Waals surface area contributed by atoms with Gasteiger partial charge in [0.25, 0.3) is 0 Å². The van der Waals surface area contributed by atoms with Crippen LogP contribution in [-0.2, 0) is 7.05 Å². The molecule has 0 fully saturated rings. The van der Waals surface area contributed by atoms with Crippen LogP contribution in [0, 0.1) is 6.92 Å². The minimum absolute atomic E-state index is 0.330. The SMILES string of the molecule is Cc1nn(C)c2c1C(c1ccc(Cl)cc1)SCCN2. The number of nitrogens with zero attached hydrogens (tertiary/aromatic N) is 2. The lowest BCUT2D eigenvalue weighted by atomic mass is 10.0. The first kappa shape index (κ1) is 12.9. The first-order chi connectivity index (χ1) is 9.16. The van der Waals surface area contributed by atoms with Gasteiger partial charge in [0, 0.05) is 29.9 Å². The number of halogens is 1. The van der Waals surface area contributed by atoms with Crippen molar-refractivity contribution >= 4 is 29.2 Å². The van der Waals surface area contributed by atoms with Crippen molar-refractivity contribution in [1.29, 1.82) is 0 Å². The van der Waals surface area contributed by atoms with E-state index in [2.05, 4.69) is 29.5 Å². The predicted molar refractivity (Wildman–Crippen MR) is 82.2 cm³/mol. The fourth-order valence-electron chi connectivity index (χ4n) is 2.53. The lowest BCUT2D eigenvalue weighted by molar-refractivity contribution is 0.760. The van der Waals surface area contributed by atoms with Crippen molar-refractivity contribution in [3.63, 3.8) is 0 Å². The Labute approximate surface area is 122 Å². The molecule has 0 radical (unpaired) electrons. The molecule has 2 heterocycles. The van der Waals surface area contributed by atoms with Crippen molar-refractivity contribution in [2.24, 2.45) is 7.05 Å². The fraction of sp³-hybridized carbons (Fsp3) is 0.357. The van der Waals surface area contributed by atoms with Gasteiger partial charge < -0.3 is 5.32 Å². The molecular weight excluding hydrogens is 278 g/mol. The van der Waals surface area contributed by atoms with Crippen molar-refractivity contribution in [2.75, 3.05) is 17.6 Å². The summed E-state index contributed by atoms with van der Waals surface area (Å²) < 4.78 is 1.94. The Kier molecular flexibility index (Phi) is 3.46. The summed E-state index contributed by atoms with van der Waals surface area (Å²) in [7, 11) is 1.99. The Hall–Kier alpha value is -1.13. The molecule has 0 spiro atoms. The highest BCUT2D eigenvalue weighted by Crippen LogP contribution is 2.42. The number of anilines is 1. The van der Waals surface area contributed by atoms with Gasteiger partial charge in [-0.3, -0.25) is 4.68 Å². The van der Waals surface area contributed by atoms with Gasteiger partial charge in [0.05, 0.1) is 10.9 Å². The van der Waals surface area contributed by atoms with E-state index in [0.717, 1.165) is 28.8 Å². The maximum Gasteiger partial charge on any atom is 0.128 e. The summed E-state index contributed by atoms with van der Waals surface area (Å²) >= 11 is 7.94. The van der Waals surface area contributed by atoms with Crippen LogP contribution >= 0.6 is 23.4 Å². The lowest BCUT2D eigenvalue weighted by Gasteiger charge is -2.15. The number of nitrogens with one attached hydrogen (secondary N) is 1. The van der Waals surface area contributed by atoms with Gasteiger partial charge in [-0.15, -0.1) is 11.8 Å². The molecule has 5 heteroatoms. The van der Waals surface area contributed by atoms with E-state index in [1.807, 2.05) is 35.6 Å². The quantitative estimate of drug-likeness (QED) is 0.871. The summed E-state index contributed by atoms with van der Waals surface area (Å²) in [5.41, 5.74) is 3.68. The normalized spacial score (nSPS) is 18.6. The zero-order valence-electron chi connectivity index (χ0n) is 11.0. The number of aromatic nitrogens is 2. The molecule has 100 valence electrons. The third-order valence-electron chi connectivity index (χ3n) is 3.38. The Morgan fingerprint density at radius 2 is 2.11 bits per heavy atom. The number of hydrogen-bond acceptors (Lipinski definition) is 3. The van der Waals surface area contributed by atoms with Crippen molar-refractivity contribution in [3.8, 4) is 0 Å². The number of aryl methyl sites for hydroxylation is 2. The van der Waals surface area contributed by atoms with Gasteiger partial charge in [-0.2, -0.15) is 5.10 Å². The average Bonchev–Trinajstić information content (AvgIpc) is 2.58. The first-order valence-corrected chi connectivity index (χ1v) is 7.74. The van der Waals surface area contributed by atoms with Gasteiger partial charge in [-0.05, 0) is 24.6 Å². The molecule has 1 N–H and O–H groups in total. The monoisotopic (exact) mass is 293 g/mol. The molecule has 3 rings (SSSR count). The van der Waals surface area contributed by atoms with Crippen molar-refractivity contribution in [1.82, 2.24) is 9.78 Å². The van der Waals surface area contributed by atoms with Crippen molar-refractivity contribution in [2.45, 2.75) is 12.2 Å². The Bertz CT molecular complexity index is 591. The number of hydrogen-bond donors (Lipinski definition) is 1. The predicted octanol–water partition coefficient (Wildman–Crippen LogP) is 3.63. The van der Waals surface area contributed by atoms with Crippen LogP contribution in [0.2, 0.25) is 5.02 Å². The second kappa shape index (κ2) is 5.10. The van der Waals surface area contributed by atoms with Crippen LogP contribution < -0.4 is 5.32 Å². The number of rotatable bonds is 1. The second-order valence-electron chi connectivity index (χ2n) is 4.70. The molecule has 1 aromatic heterocycles. The number of thioether (sulfide) groups is 1. The summed E-state index contributed by atoms with van der Waals surface area (Å²) in [6.45, 7) is 3.05. The summed E-state index contributed by atoms with van der Waals surface area (Å²) in [4.78, 5) is 0. The summed E-state index contributed by atoms with van der Waals surface area (Å²) in [6.07, 6.45) is 0. The van der Waals surface area contributed by atoms with E-state index < -0.39 is 0 Å². The molecule has 2 aromatic rings. The largest absolute Gasteiger partial charge is 0.369 e. The van der Waals surface area contributed by atoms with Crippen LogP contribution in [0.4, 0.5) is 5.82 Å². The molecule has 1 aliphatic rings. The minimum atomic E-state index is 0.330. The van der Waals surface area contributed by atoms with Crippen LogP contribution in [0.25, 0.3) is 0 Å². The Morgan fingerprint density at radius 1 is 1.37 bits per heavy atom. The number of fused-ring (bicyclic) bond motifs is 1. The molecule has 1 aliphatic heterocycles.